The lowest BCUT2D eigenvalue weighted by Crippen LogP contribution is -2.24. The molecule has 0 unspecified atom stereocenters. The summed E-state index contributed by atoms with van der Waals surface area (Å²) in [5.74, 6) is -1.07. The zero-order valence-corrected chi connectivity index (χ0v) is 10.5. The maximum atomic E-state index is 11.5. The molecule has 0 bridgehead atoms. The highest BCUT2D eigenvalue weighted by molar-refractivity contribution is 7.92. The van der Waals surface area contributed by atoms with E-state index in [2.05, 4.69) is 0 Å². The molecule has 0 aliphatic carbocycles. The summed E-state index contributed by atoms with van der Waals surface area (Å²) in [5, 5.41) is 0. The van der Waals surface area contributed by atoms with Crippen molar-refractivity contribution in [1.29, 1.82) is 4.78 Å². The Balaban J connectivity index is 4.10. The SMILES string of the molecule is CCCC[S@](=N)(=O)CC[C@H](N)P(=O)(O)O. The number of hydrogen-bond acceptors (Lipinski definition) is 4. The molecule has 0 amide bonds. The Labute approximate surface area is 90.4 Å². The summed E-state index contributed by atoms with van der Waals surface area (Å²) in [4.78, 5) is 17.4. The van der Waals surface area contributed by atoms with Crippen LogP contribution in [0.1, 0.15) is 26.2 Å². The minimum absolute atomic E-state index is 0.0424. The highest BCUT2D eigenvalue weighted by Crippen LogP contribution is 2.39. The van der Waals surface area contributed by atoms with E-state index >= 15 is 0 Å². The molecule has 92 valence electrons. The van der Waals surface area contributed by atoms with Crippen molar-refractivity contribution in [2.24, 2.45) is 5.73 Å². The van der Waals surface area contributed by atoms with E-state index in [9.17, 15) is 8.77 Å². The lowest BCUT2D eigenvalue weighted by molar-refractivity contribution is 0.357. The van der Waals surface area contributed by atoms with Crippen LogP contribution in [0.5, 0.6) is 0 Å². The van der Waals surface area contributed by atoms with E-state index in [0.717, 1.165) is 6.42 Å². The zero-order valence-electron chi connectivity index (χ0n) is 8.76. The van der Waals surface area contributed by atoms with Gasteiger partial charge in [-0.25, -0.2) is 4.21 Å². The van der Waals surface area contributed by atoms with Gasteiger partial charge in [-0.15, -0.1) is 0 Å². The maximum Gasteiger partial charge on any atom is 0.342 e. The molecule has 0 aliphatic rings. The van der Waals surface area contributed by atoms with Gasteiger partial charge in [0.15, 0.2) is 0 Å². The second-order valence-corrected chi connectivity index (χ2v) is 7.80. The zero-order chi connectivity index (χ0) is 12.1. The highest BCUT2D eigenvalue weighted by Gasteiger charge is 2.25. The van der Waals surface area contributed by atoms with Crippen LogP contribution in [0.2, 0.25) is 0 Å². The first-order valence-electron chi connectivity index (χ1n) is 4.74. The Bertz CT molecular complexity index is 324. The summed E-state index contributed by atoms with van der Waals surface area (Å²) in [6.07, 6.45) is 1.46. The van der Waals surface area contributed by atoms with Gasteiger partial charge in [-0.1, -0.05) is 13.3 Å². The first kappa shape index (κ1) is 15.1. The van der Waals surface area contributed by atoms with Crippen molar-refractivity contribution in [2.45, 2.75) is 32.0 Å². The topological polar surface area (TPSA) is 124 Å². The average molecular weight is 258 g/mol. The lowest BCUT2D eigenvalue weighted by Gasteiger charge is -2.14. The third-order valence-corrected chi connectivity index (χ3v) is 4.97. The van der Waals surface area contributed by atoms with Gasteiger partial charge in [-0.2, -0.15) is 0 Å². The molecule has 0 aromatic rings. The van der Waals surface area contributed by atoms with Crippen LogP contribution < -0.4 is 5.73 Å². The molecule has 6 nitrogen and oxygen atoms in total. The second-order valence-electron chi connectivity index (χ2n) is 3.52. The van der Waals surface area contributed by atoms with Crippen LogP contribution in [0.3, 0.4) is 0 Å². The fourth-order valence-corrected chi connectivity index (χ4v) is 3.19. The van der Waals surface area contributed by atoms with E-state index in [-0.39, 0.29) is 17.9 Å². The standard InChI is InChI=1S/C7H19N2O4PS/c1-2-3-5-15(9,13)6-4-7(8)14(10,11)12/h7,9H,2-6,8H2,1H3,(H2,10,11,12)/t7-,15+/m1/s1. The van der Waals surface area contributed by atoms with Crippen molar-refractivity contribution in [3.8, 4) is 0 Å². The fourth-order valence-electron chi connectivity index (χ4n) is 0.959. The molecule has 0 rings (SSSR count). The van der Waals surface area contributed by atoms with Gasteiger partial charge in [-0.3, -0.25) is 9.34 Å². The fraction of sp³-hybridized carbons (Fsp3) is 1.00. The molecule has 2 atom stereocenters. The normalized spacial score (nSPS) is 18.4. The monoisotopic (exact) mass is 258 g/mol. The molecule has 5 N–H and O–H groups in total. The Morgan fingerprint density at radius 2 is 2.00 bits per heavy atom. The summed E-state index contributed by atoms with van der Waals surface area (Å²) < 4.78 is 29.7. The van der Waals surface area contributed by atoms with Crippen molar-refractivity contribution < 1.29 is 18.6 Å². The van der Waals surface area contributed by atoms with Gasteiger partial charge in [0.05, 0.1) is 0 Å². The van der Waals surface area contributed by atoms with E-state index in [1.807, 2.05) is 6.92 Å². The molecule has 0 saturated carbocycles. The second kappa shape index (κ2) is 5.96. The molecule has 0 aromatic heterocycles. The molecule has 0 radical (unpaired) electrons. The van der Waals surface area contributed by atoms with E-state index in [0.29, 0.717) is 6.42 Å². The van der Waals surface area contributed by atoms with Crippen molar-refractivity contribution in [2.75, 3.05) is 11.5 Å². The van der Waals surface area contributed by atoms with Crippen LogP contribution in [0, 0.1) is 4.78 Å². The van der Waals surface area contributed by atoms with Gasteiger partial charge < -0.3 is 15.5 Å². The van der Waals surface area contributed by atoms with Crippen molar-refractivity contribution in [3.05, 3.63) is 0 Å². The molecule has 0 saturated heterocycles. The third kappa shape index (κ3) is 7.03. The quantitative estimate of drug-likeness (QED) is 0.500. The van der Waals surface area contributed by atoms with Gasteiger partial charge in [0.1, 0.15) is 5.78 Å². The average Bonchev–Trinajstić information content (AvgIpc) is 2.09. The van der Waals surface area contributed by atoms with Crippen molar-refractivity contribution in [1.82, 2.24) is 0 Å². The summed E-state index contributed by atoms with van der Waals surface area (Å²) in [6, 6.07) is 0. The predicted octanol–water partition coefficient (Wildman–Crippen LogP) is 0.686. The smallest absolute Gasteiger partial charge is 0.323 e. The van der Waals surface area contributed by atoms with Crippen LogP contribution >= 0.6 is 7.60 Å². The lowest BCUT2D eigenvalue weighted by atomic mass is 10.4. The molecule has 0 aromatic carbocycles. The Hall–Kier alpha value is 0.0600. The summed E-state index contributed by atoms with van der Waals surface area (Å²) in [7, 11) is -7.02. The van der Waals surface area contributed by atoms with E-state index in [4.69, 9.17) is 20.3 Å². The number of nitrogens with one attached hydrogen (secondary N) is 1. The number of hydrogen-bond donors (Lipinski definition) is 4. The first-order valence-corrected chi connectivity index (χ1v) is 8.32. The Morgan fingerprint density at radius 1 is 1.47 bits per heavy atom. The largest absolute Gasteiger partial charge is 0.342 e. The van der Waals surface area contributed by atoms with Gasteiger partial charge in [0.25, 0.3) is 0 Å². The molecule has 0 spiro atoms. The van der Waals surface area contributed by atoms with Crippen LogP contribution in [0.4, 0.5) is 0 Å². The van der Waals surface area contributed by atoms with Crippen LogP contribution in [0.25, 0.3) is 0 Å². The minimum Gasteiger partial charge on any atom is -0.323 e. The van der Waals surface area contributed by atoms with Crippen LogP contribution in [-0.2, 0) is 14.3 Å². The molecule has 0 fully saturated rings. The highest BCUT2D eigenvalue weighted by atomic mass is 32.2. The van der Waals surface area contributed by atoms with Gasteiger partial charge in [0, 0.05) is 21.2 Å². The van der Waals surface area contributed by atoms with Crippen LogP contribution in [0.15, 0.2) is 0 Å². The molecule has 15 heavy (non-hydrogen) atoms. The Morgan fingerprint density at radius 3 is 2.40 bits per heavy atom. The van der Waals surface area contributed by atoms with Gasteiger partial charge >= 0.3 is 7.60 Å². The molecule has 8 heteroatoms. The summed E-state index contributed by atoms with van der Waals surface area (Å²) >= 11 is 0. The van der Waals surface area contributed by atoms with Gasteiger partial charge in [0.2, 0.25) is 0 Å². The van der Waals surface area contributed by atoms with Crippen molar-refractivity contribution in [3.63, 3.8) is 0 Å². The number of nitrogens with two attached hydrogens (primary N) is 1. The molecular formula is C7H19N2O4PS. The number of rotatable bonds is 7. The maximum absolute atomic E-state index is 11.5. The van der Waals surface area contributed by atoms with E-state index in [1.54, 1.807) is 0 Å². The van der Waals surface area contributed by atoms with Crippen LogP contribution in [-0.4, -0.2) is 31.3 Å². The van der Waals surface area contributed by atoms with Crippen molar-refractivity contribution >= 4 is 17.3 Å². The first-order chi connectivity index (χ1) is 6.69. The molecule has 0 heterocycles. The van der Waals surface area contributed by atoms with E-state index in [1.165, 1.54) is 0 Å². The minimum atomic E-state index is -4.30. The van der Waals surface area contributed by atoms with E-state index < -0.39 is 23.1 Å². The molecule has 0 aliphatic heterocycles. The predicted molar refractivity (Wildman–Crippen MR) is 60.1 cm³/mol. The Kier molecular flexibility index (Phi) is 5.98. The summed E-state index contributed by atoms with van der Waals surface area (Å²) in [6.45, 7) is 1.93. The summed E-state index contributed by atoms with van der Waals surface area (Å²) in [5.41, 5.74) is 5.21. The number of unbranched alkanes of at least 4 members (excludes halogenated alkanes) is 1. The third-order valence-electron chi connectivity index (χ3n) is 2.00. The molecular weight excluding hydrogens is 239 g/mol. The van der Waals surface area contributed by atoms with Gasteiger partial charge in [-0.05, 0) is 12.8 Å².